The number of nitrogens with zero attached hydrogens (tertiary/aromatic N) is 5. The van der Waals surface area contributed by atoms with Crippen LogP contribution in [-0.4, -0.2) is 40.5 Å². The average Bonchev–Trinajstić information content (AvgIpc) is 3.29. The molecule has 3 aromatic carbocycles. The Balaban J connectivity index is 1.43. The molecule has 5 nitrogen and oxygen atoms in total. The molecule has 0 bridgehead atoms. The van der Waals surface area contributed by atoms with Crippen molar-refractivity contribution in [1.29, 1.82) is 5.26 Å². The lowest BCUT2D eigenvalue weighted by Gasteiger charge is -2.36. The molecular formula is C29H25N5. The zero-order chi connectivity index (χ0) is 22.9. The van der Waals surface area contributed by atoms with Crippen molar-refractivity contribution in [3.05, 3.63) is 102 Å². The van der Waals surface area contributed by atoms with Crippen molar-refractivity contribution in [2.75, 3.05) is 31.1 Å². The first-order valence-electron chi connectivity index (χ1n) is 11.7. The molecular weight excluding hydrogens is 418 g/mol. The van der Waals surface area contributed by atoms with Gasteiger partial charge in [-0.1, -0.05) is 72.8 Å². The fourth-order valence-corrected chi connectivity index (χ4v) is 4.98. The van der Waals surface area contributed by atoms with Crippen LogP contribution in [0.4, 0.5) is 5.82 Å². The van der Waals surface area contributed by atoms with Gasteiger partial charge in [-0.25, -0.2) is 4.98 Å². The molecule has 34 heavy (non-hydrogen) atoms. The molecule has 0 saturated carbocycles. The molecule has 5 heteroatoms. The lowest BCUT2D eigenvalue weighted by Crippen LogP contribution is -2.46. The van der Waals surface area contributed by atoms with Gasteiger partial charge in [0.25, 0.3) is 0 Å². The molecule has 166 valence electrons. The van der Waals surface area contributed by atoms with E-state index in [0.717, 1.165) is 66.3 Å². The Kier molecular flexibility index (Phi) is 5.21. The van der Waals surface area contributed by atoms with Crippen LogP contribution in [0.25, 0.3) is 27.8 Å². The molecule has 0 atom stereocenters. The van der Waals surface area contributed by atoms with Gasteiger partial charge in [0.1, 0.15) is 17.5 Å². The number of hydrogen-bond donors (Lipinski definition) is 0. The zero-order valence-corrected chi connectivity index (χ0v) is 18.9. The fraction of sp³-hybridized carbons (Fsp3) is 0.172. The Labute approximate surface area is 199 Å². The van der Waals surface area contributed by atoms with Gasteiger partial charge < -0.3 is 4.90 Å². The monoisotopic (exact) mass is 443 g/mol. The predicted octanol–water partition coefficient (Wildman–Crippen LogP) is 5.35. The topological polar surface area (TPSA) is 47.6 Å². The predicted molar refractivity (Wildman–Crippen MR) is 137 cm³/mol. The van der Waals surface area contributed by atoms with Crippen LogP contribution in [0.1, 0.15) is 11.1 Å². The summed E-state index contributed by atoms with van der Waals surface area (Å²) in [4.78, 5) is 9.85. The van der Waals surface area contributed by atoms with Crippen LogP contribution in [-0.2, 0) is 6.54 Å². The van der Waals surface area contributed by atoms with Crippen LogP contribution in [0.3, 0.4) is 0 Å². The molecule has 1 aliphatic heterocycles. The molecule has 1 saturated heterocycles. The van der Waals surface area contributed by atoms with E-state index in [4.69, 9.17) is 4.98 Å². The van der Waals surface area contributed by atoms with Crippen molar-refractivity contribution in [3.63, 3.8) is 0 Å². The van der Waals surface area contributed by atoms with E-state index in [1.54, 1.807) is 0 Å². The van der Waals surface area contributed by atoms with E-state index >= 15 is 0 Å². The number of aromatic nitrogens is 2. The molecule has 0 spiro atoms. The fourth-order valence-electron chi connectivity index (χ4n) is 4.98. The number of piperazine rings is 1. The number of nitriles is 1. The minimum atomic E-state index is 0.619. The van der Waals surface area contributed by atoms with E-state index in [1.165, 1.54) is 5.56 Å². The third-order valence-electron chi connectivity index (χ3n) is 6.70. The average molecular weight is 444 g/mol. The van der Waals surface area contributed by atoms with Gasteiger partial charge in [-0.05, 0) is 29.3 Å². The minimum absolute atomic E-state index is 0.619. The lowest BCUT2D eigenvalue weighted by atomic mass is 10.0. The van der Waals surface area contributed by atoms with Gasteiger partial charge in [-0.2, -0.15) is 5.26 Å². The van der Waals surface area contributed by atoms with Crippen molar-refractivity contribution < 1.29 is 0 Å². The van der Waals surface area contributed by atoms with Gasteiger partial charge in [-0.15, -0.1) is 0 Å². The SMILES string of the molecule is N#Cc1c(-c2ccccc2)cc(N2CCN(Cc3ccccc3)CC2)n2c1nc1ccccc12. The molecule has 0 radical (unpaired) electrons. The molecule has 5 aromatic rings. The minimum Gasteiger partial charge on any atom is -0.355 e. The van der Waals surface area contributed by atoms with Gasteiger partial charge in [0.15, 0.2) is 5.65 Å². The molecule has 0 amide bonds. The van der Waals surface area contributed by atoms with Crippen LogP contribution in [0.5, 0.6) is 0 Å². The standard InChI is InChI=1S/C29H25N5/c30-20-25-24(23-11-5-2-6-12-23)19-28(34-27-14-8-7-13-26(27)31-29(25)34)33-17-15-32(16-18-33)21-22-9-3-1-4-10-22/h1-14,19H,15-18,21H2. The van der Waals surface area contributed by atoms with E-state index in [0.29, 0.717) is 5.56 Å². The highest BCUT2D eigenvalue weighted by Gasteiger charge is 2.24. The number of pyridine rings is 1. The first-order chi connectivity index (χ1) is 16.8. The Morgan fingerprint density at radius 3 is 2.21 bits per heavy atom. The van der Waals surface area contributed by atoms with Crippen molar-refractivity contribution in [2.45, 2.75) is 6.54 Å². The summed E-state index contributed by atoms with van der Waals surface area (Å²) in [5, 5.41) is 10.2. The summed E-state index contributed by atoms with van der Waals surface area (Å²) in [5.41, 5.74) is 6.62. The Hall–Kier alpha value is -4.14. The van der Waals surface area contributed by atoms with Gasteiger partial charge in [-0.3, -0.25) is 9.30 Å². The number of anilines is 1. The van der Waals surface area contributed by atoms with Gasteiger partial charge in [0.2, 0.25) is 0 Å². The summed E-state index contributed by atoms with van der Waals surface area (Å²) in [5.74, 6) is 1.10. The highest BCUT2D eigenvalue weighted by atomic mass is 15.3. The van der Waals surface area contributed by atoms with Gasteiger partial charge in [0.05, 0.1) is 11.0 Å². The number of hydrogen-bond acceptors (Lipinski definition) is 4. The number of imidazole rings is 1. The van der Waals surface area contributed by atoms with Gasteiger partial charge in [0, 0.05) is 38.3 Å². The number of benzene rings is 3. The van der Waals surface area contributed by atoms with Crippen molar-refractivity contribution in [2.24, 2.45) is 0 Å². The highest BCUT2D eigenvalue weighted by molar-refractivity contribution is 5.89. The summed E-state index contributed by atoms with van der Waals surface area (Å²) in [6.45, 7) is 4.80. The Morgan fingerprint density at radius 2 is 1.47 bits per heavy atom. The van der Waals surface area contributed by atoms with Crippen molar-refractivity contribution in [1.82, 2.24) is 14.3 Å². The summed E-state index contributed by atoms with van der Waals surface area (Å²) in [7, 11) is 0. The largest absolute Gasteiger partial charge is 0.355 e. The maximum absolute atomic E-state index is 10.2. The number of rotatable bonds is 4. The second-order valence-corrected chi connectivity index (χ2v) is 8.78. The van der Waals surface area contributed by atoms with Crippen molar-refractivity contribution in [3.8, 4) is 17.2 Å². The number of para-hydroxylation sites is 2. The van der Waals surface area contributed by atoms with Crippen molar-refractivity contribution >= 4 is 22.5 Å². The van der Waals surface area contributed by atoms with Crippen LogP contribution in [0, 0.1) is 11.3 Å². The maximum atomic E-state index is 10.2. The van der Waals surface area contributed by atoms with E-state index < -0.39 is 0 Å². The quantitative estimate of drug-likeness (QED) is 0.376. The molecule has 1 aliphatic rings. The molecule has 3 heterocycles. The first kappa shape index (κ1) is 20.5. The molecule has 2 aromatic heterocycles. The second-order valence-electron chi connectivity index (χ2n) is 8.78. The first-order valence-corrected chi connectivity index (χ1v) is 11.7. The van der Waals surface area contributed by atoms with E-state index in [9.17, 15) is 5.26 Å². The van der Waals surface area contributed by atoms with E-state index in [2.05, 4.69) is 74.9 Å². The molecule has 0 aliphatic carbocycles. The van der Waals surface area contributed by atoms with E-state index in [-0.39, 0.29) is 0 Å². The van der Waals surface area contributed by atoms with Crippen LogP contribution < -0.4 is 4.90 Å². The normalized spacial score (nSPS) is 14.5. The number of fused-ring (bicyclic) bond motifs is 3. The lowest BCUT2D eigenvalue weighted by molar-refractivity contribution is 0.249. The van der Waals surface area contributed by atoms with Gasteiger partial charge >= 0.3 is 0 Å². The summed E-state index contributed by atoms with van der Waals surface area (Å²) in [6, 6.07) is 33.6. The maximum Gasteiger partial charge on any atom is 0.158 e. The summed E-state index contributed by atoms with van der Waals surface area (Å²) in [6.07, 6.45) is 0. The second kappa shape index (κ2) is 8.66. The molecule has 0 N–H and O–H groups in total. The van der Waals surface area contributed by atoms with Crippen LogP contribution >= 0.6 is 0 Å². The summed E-state index contributed by atoms with van der Waals surface area (Å²) >= 11 is 0. The van der Waals surface area contributed by atoms with E-state index in [1.807, 2.05) is 36.4 Å². The molecule has 6 rings (SSSR count). The smallest absolute Gasteiger partial charge is 0.158 e. The van der Waals surface area contributed by atoms with Crippen LogP contribution in [0.15, 0.2) is 91.0 Å². The van der Waals surface area contributed by atoms with Crippen LogP contribution in [0.2, 0.25) is 0 Å². The molecule has 0 unspecified atom stereocenters. The zero-order valence-electron chi connectivity index (χ0n) is 18.9. The molecule has 1 fully saturated rings. The summed E-state index contributed by atoms with van der Waals surface area (Å²) < 4.78 is 2.17. The Morgan fingerprint density at radius 1 is 0.794 bits per heavy atom. The highest BCUT2D eigenvalue weighted by Crippen LogP contribution is 2.34. The third-order valence-corrected chi connectivity index (χ3v) is 6.70. The Bertz CT molecular complexity index is 1490. The third kappa shape index (κ3) is 3.59.